The SMILES string of the molecule is COc1ccc(Cl)cc1C(c1ccc(Cl)cc1)N1CCNCC1. The Kier molecular flexibility index (Phi) is 5.44. The predicted molar refractivity (Wildman–Crippen MR) is 95.7 cm³/mol. The molecule has 3 rings (SSSR count). The molecule has 1 atom stereocenters. The van der Waals surface area contributed by atoms with Crippen LogP contribution in [-0.2, 0) is 0 Å². The van der Waals surface area contributed by atoms with Gasteiger partial charge in [0.1, 0.15) is 5.75 Å². The van der Waals surface area contributed by atoms with E-state index in [1.165, 1.54) is 5.56 Å². The lowest BCUT2D eigenvalue weighted by atomic mass is 9.95. The lowest BCUT2D eigenvalue weighted by molar-refractivity contribution is 0.195. The molecule has 1 fully saturated rings. The maximum Gasteiger partial charge on any atom is 0.124 e. The Bertz CT molecular complexity index is 655. The Morgan fingerprint density at radius 2 is 1.65 bits per heavy atom. The smallest absolute Gasteiger partial charge is 0.124 e. The van der Waals surface area contributed by atoms with E-state index in [-0.39, 0.29) is 6.04 Å². The number of nitrogens with zero attached hydrogens (tertiary/aromatic N) is 1. The summed E-state index contributed by atoms with van der Waals surface area (Å²) in [5.74, 6) is 0.855. The molecule has 1 saturated heterocycles. The van der Waals surface area contributed by atoms with Gasteiger partial charge in [-0.2, -0.15) is 0 Å². The number of piperazine rings is 1. The number of hydrogen-bond acceptors (Lipinski definition) is 3. The summed E-state index contributed by atoms with van der Waals surface area (Å²) in [5, 5.41) is 4.86. The minimum Gasteiger partial charge on any atom is -0.496 e. The molecule has 1 N–H and O–H groups in total. The van der Waals surface area contributed by atoms with Gasteiger partial charge in [-0.3, -0.25) is 4.90 Å². The summed E-state index contributed by atoms with van der Waals surface area (Å²) in [7, 11) is 1.70. The van der Waals surface area contributed by atoms with Crippen molar-refractivity contribution in [2.75, 3.05) is 33.3 Å². The second-order valence-electron chi connectivity index (χ2n) is 5.63. The molecule has 0 spiro atoms. The average Bonchev–Trinajstić information content (AvgIpc) is 2.58. The fourth-order valence-corrected chi connectivity index (χ4v) is 3.40. The Morgan fingerprint density at radius 3 is 2.30 bits per heavy atom. The lowest BCUT2D eigenvalue weighted by Crippen LogP contribution is -2.45. The third-order valence-corrected chi connectivity index (χ3v) is 4.68. The molecule has 1 aliphatic heterocycles. The number of nitrogens with one attached hydrogen (secondary N) is 1. The van der Waals surface area contributed by atoms with Gasteiger partial charge in [0, 0.05) is 41.8 Å². The van der Waals surface area contributed by atoms with Crippen molar-refractivity contribution < 1.29 is 4.74 Å². The summed E-state index contributed by atoms with van der Waals surface area (Å²) >= 11 is 12.3. The molecule has 0 aromatic heterocycles. The maximum atomic E-state index is 6.26. The zero-order valence-electron chi connectivity index (χ0n) is 13.1. The van der Waals surface area contributed by atoms with Crippen LogP contribution in [0.5, 0.6) is 5.75 Å². The van der Waals surface area contributed by atoms with Crippen LogP contribution in [0.3, 0.4) is 0 Å². The van der Waals surface area contributed by atoms with Gasteiger partial charge in [-0.25, -0.2) is 0 Å². The van der Waals surface area contributed by atoms with Crippen LogP contribution in [-0.4, -0.2) is 38.2 Å². The number of rotatable bonds is 4. The van der Waals surface area contributed by atoms with Gasteiger partial charge in [0.15, 0.2) is 0 Å². The van der Waals surface area contributed by atoms with Gasteiger partial charge in [0.25, 0.3) is 0 Å². The van der Waals surface area contributed by atoms with Crippen LogP contribution in [0.2, 0.25) is 10.0 Å². The molecular formula is C18H20Cl2N2O. The fraction of sp³-hybridized carbons (Fsp3) is 0.333. The molecule has 122 valence electrons. The van der Waals surface area contributed by atoms with Crippen LogP contribution in [0.25, 0.3) is 0 Å². The highest BCUT2D eigenvalue weighted by atomic mass is 35.5. The first-order valence-corrected chi connectivity index (χ1v) is 8.48. The minimum atomic E-state index is 0.100. The van der Waals surface area contributed by atoms with E-state index in [1.54, 1.807) is 7.11 Å². The van der Waals surface area contributed by atoms with E-state index < -0.39 is 0 Å². The third kappa shape index (κ3) is 3.81. The maximum absolute atomic E-state index is 6.26. The standard InChI is InChI=1S/C18H20Cl2N2O/c1-23-17-7-6-15(20)12-16(17)18(22-10-8-21-9-11-22)13-2-4-14(19)5-3-13/h2-7,12,18,21H,8-11H2,1H3. The monoisotopic (exact) mass is 350 g/mol. The van der Waals surface area contributed by atoms with E-state index in [4.69, 9.17) is 27.9 Å². The van der Waals surface area contributed by atoms with Crippen molar-refractivity contribution in [3.05, 3.63) is 63.6 Å². The summed E-state index contributed by atoms with van der Waals surface area (Å²) in [6.45, 7) is 3.91. The van der Waals surface area contributed by atoms with E-state index in [0.717, 1.165) is 47.5 Å². The quantitative estimate of drug-likeness (QED) is 0.901. The predicted octanol–water partition coefficient (Wildman–Crippen LogP) is 4.00. The highest BCUT2D eigenvalue weighted by Crippen LogP contribution is 2.36. The van der Waals surface area contributed by atoms with Crippen molar-refractivity contribution in [2.45, 2.75) is 6.04 Å². The number of methoxy groups -OCH3 is 1. The van der Waals surface area contributed by atoms with Gasteiger partial charge < -0.3 is 10.1 Å². The average molecular weight is 351 g/mol. The van der Waals surface area contributed by atoms with Crippen LogP contribution in [0.1, 0.15) is 17.2 Å². The molecule has 2 aromatic rings. The van der Waals surface area contributed by atoms with Crippen molar-refractivity contribution in [3.8, 4) is 5.75 Å². The Balaban J connectivity index is 2.07. The van der Waals surface area contributed by atoms with Crippen LogP contribution in [0.15, 0.2) is 42.5 Å². The second-order valence-corrected chi connectivity index (χ2v) is 6.50. The van der Waals surface area contributed by atoms with Gasteiger partial charge >= 0.3 is 0 Å². The summed E-state index contributed by atoms with van der Waals surface area (Å²) in [4.78, 5) is 2.45. The van der Waals surface area contributed by atoms with Crippen LogP contribution in [0, 0.1) is 0 Å². The first-order chi connectivity index (χ1) is 11.2. The number of halogens is 2. The Hall–Kier alpha value is -1.26. The zero-order valence-corrected chi connectivity index (χ0v) is 14.6. The van der Waals surface area contributed by atoms with Crippen molar-refractivity contribution in [3.63, 3.8) is 0 Å². The number of benzene rings is 2. The molecule has 1 unspecified atom stereocenters. The van der Waals surface area contributed by atoms with Crippen LogP contribution >= 0.6 is 23.2 Å². The summed E-state index contributed by atoms with van der Waals surface area (Å²) in [6, 6.07) is 13.9. The largest absolute Gasteiger partial charge is 0.496 e. The molecule has 5 heteroatoms. The fourth-order valence-electron chi connectivity index (χ4n) is 3.09. The van der Waals surface area contributed by atoms with E-state index >= 15 is 0 Å². The van der Waals surface area contributed by atoms with E-state index in [0.29, 0.717) is 0 Å². The molecule has 1 aliphatic rings. The highest BCUT2D eigenvalue weighted by molar-refractivity contribution is 6.31. The molecule has 23 heavy (non-hydrogen) atoms. The second kappa shape index (κ2) is 7.54. The Labute approximate surface area is 147 Å². The molecule has 2 aromatic carbocycles. The summed E-state index contributed by atoms with van der Waals surface area (Å²) in [6.07, 6.45) is 0. The van der Waals surface area contributed by atoms with Gasteiger partial charge in [-0.05, 0) is 35.9 Å². The topological polar surface area (TPSA) is 24.5 Å². The van der Waals surface area contributed by atoms with Gasteiger partial charge in [0.2, 0.25) is 0 Å². The van der Waals surface area contributed by atoms with Gasteiger partial charge in [0.05, 0.1) is 13.2 Å². The molecule has 0 amide bonds. The number of hydrogen-bond donors (Lipinski definition) is 1. The summed E-state index contributed by atoms with van der Waals surface area (Å²) in [5.41, 5.74) is 2.28. The molecule has 0 saturated carbocycles. The summed E-state index contributed by atoms with van der Waals surface area (Å²) < 4.78 is 5.59. The normalized spacial score (nSPS) is 17.0. The van der Waals surface area contributed by atoms with Gasteiger partial charge in [-0.15, -0.1) is 0 Å². The van der Waals surface area contributed by atoms with E-state index in [1.807, 2.05) is 30.3 Å². The van der Waals surface area contributed by atoms with Crippen molar-refractivity contribution in [2.24, 2.45) is 0 Å². The van der Waals surface area contributed by atoms with Gasteiger partial charge in [-0.1, -0.05) is 35.3 Å². The van der Waals surface area contributed by atoms with Crippen LogP contribution in [0.4, 0.5) is 0 Å². The highest BCUT2D eigenvalue weighted by Gasteiger charge is 2.26. The van der Waals surface area contributed by atoms with Crippen molar-refractivity contribution in [1.29, 1.82) is 0 Å². The molecule has 0 aliphatic carbocycles. The number of ether oxygens (including phenoxy) is 1. The molecular weight excluding hydrogens is 331 g/mol. The molecule has 1 heterocycles. The van der Waals surface area contributed by atoms with Crippen LogP contribution < -0.4 is 10.1 Å². The zero-order chi connectivity index (χ0) is 16.2. The minimum absolute atomic E-state index is 0.100. The molecule has 0 radical (unpaired) electrons. The third-order valence-electron chi connectivity index (χ3n) is 4.19. The first-order valence-electron chi connectivity index (χ1n) is 7.72. The first kappa shape index (κ1) is 16.6. The lowest BCUT2D eigenvalue weighted by Gasteiger charge is -2.36. The van der Waals surface area contributed by atoms with E-state index in [9.17, 15) is 0 Å². The van der Waals surface area contributed by atoms with Crippen molar-refractivity contribution in [1.82, 2.24) is 10.2 Å². The molecule has 0 bridgehead atoms. The van der Waals surface area contributed by atoms with E-state index in [2.05, 4.69) is 22.3 Å². The molecule has 3 nitrogen and oxygen atoms in total. The van der Waals surface area contributed by atoms with Crippen molar-refractivity contribution >= 4 is 23.2 Å². The Morgan fingerprint density at radius 1 is 1.00 bits per heavy atom.